The number of aryl methyl sites for hydroxylation is 1. The Hall–Kier alpha value is -4.04. The Kier molecular flexibility index (Phi) is 6.41. The molecule has 2 aromatic heterocycles. The standard InChI is InChI=1S/C30H32N4O4/c1-37-24-12-11-23-25(28(24)38-2)21(18-34(23)16-8-15-33-13-6-3-7-14-33)27-26(29(35)32-30(27)36)20-17-31-22-10-5-4-9-19(20)22/h4-5,9-12,17-18,31H,3,6-8,13-16H2,1-2H3,(H,32,35,36). The highest BCUT2D eigenvalue weighted by Crippen LogP contribution is 2.44. The Morgan fingerprint density at radius 1 is 0.868 bits per heavy atom. The van der Waals surface area contributed by atoms with Crippen LogP contribution in [-0.2, 0) is 16.1 Å². The first-order valence-electron chi connectivity index (χ1n) is 13.2. The lowest BCUT2D eigenvalue weighted by Gasteiger charge is -2.26. The van der Waals surface area contributed by atoms with Crippen LogP contribution < -0.4 is 14.8 Å². The second-order valence-corrected chi connectivity index (χ2v) is 9.97. The van der Waals surface area contributed by atoms with Crippen molar-refractivity contribution in [3.8, 4) is 11.5 Å². The van der Waals surface area contributed by atoms with Crippen LogP contribution in [-0.4, -0.2) is 60.1 Å². The third-order valence-electron chi connectivity index (χ3n) is 7.77. The maximum Gasteiger partial charge on any atom is 0.259 e. The summed E-state index contributed by atoms with van der Waals surface area (Å²) in [6.07, 6.45) is 8.62. The summed E-state index contributed by atoms with van der Waals surface area (Å²) in [6, 6.07) is 11.7. The highest BCUT2D eigenvalue weighted by molar-refractivity contribution is 6.51. The summed E-state index contributed by atoms with van der Waals surface area (Å²) in [5.74, 6) is 0.314. The number of piperidine rings is 1. The van der Waals surface area contributed by atoms with Crippen molar-refractivity contribution in [3.63, 3.8) is 0 Å². The predicted molar refractivity (Wildman–Crippen MR) is 148 cm³/mol. The average Bonchev–Trinajstić information content (AvgIpc) is 3.61. The van der Waals surface area contributed by atoms with Gasteiger partial charge in [0.05, 0.1) is 36.3 Å². The van der Waals surface area contributed by atoms with Crippen molar-refractivity contribution in [1.29, 1.82) is 0 Å². The number of fused-ring (bicyclic) bond motifs is 2. The number of hydrogen-bond acceptors (Lipinski definition) is 5. The van der Waals surface area contributed by atoms with Gasteiger partial charge in [-0.15, -0.1) is 0 Å². The van der Waals surface area contributed by atoms with Crippen molar-refractivity contribution in [1.82, 2.24) is 19.8 Å². The van der Waals surface area contributed by atoms with E-state index in [1.165, 1.54) is 19.3 Å². The van der Waals surface area contributed by atoms with Gasteiger partial charge < -0.3 is 23.9 Å². The third kappa shape index (κ3) is 4.05. The molecule has 6 rings (SSSR count). The SMILES string of the molecule is COc1ccc2c(c(C3=C(c4c[nH]c5ccccc45)C(=O)NC3=O)cn2CCCN2CCCCC2)c1OC. The number of nitrogens with zero attached hydrogens (tertiary/aromatic N) is 2. The highest BCUT2D eigenvalue weighted by Gasteiger charge is 2.36. The van der Waals surface area contributed by atoms with E-state index in [1.807, 2.05) is 42.6 Å². The maximum atomic E-state index is 13.4. The highest BCUT2D eigenvalue weighted by atomic mass is 16.5. The van der Waals surface area contributed by atoms with Gasteiger partial charge in [0.25, 0.3) is 11.8 Å². The van der Waals surface area contributed by atoms with Gasteiger partial charge in [0.2, 0.25) is 0 Å². The summed E-state index contributed by atoms with van der Waals surface area (Å²) in [5.41, 5.74) is 3.93. The number of hydrogen-bond donors (Lipinski definition) is 2. The van der Waals surface area contributed by atoms with Gasteiger partial charge in [0, 0.05) is 41.0 Å². The number of rotatable bonds is 8. The minimum Gasteiger partial charge on any atom is -0.493 e. The molecule has 1 saturated heterocycles. The van der Waals surface area contributed by atoms with E-state index in [4.69, 9.17) is 9.47 Å². The number of aromatic amines is 1. The quantitative estimate of drug-likeness (QED) is 0.338. The van der Waals surface area contributed by atoms with Gasteiger partial charge in [-0.3, -0.25) is 14.9 Å². The number of ether oxygens (including phenoxy) is 2. The summed E-state index contributed by atoms with van der Waals surface area (Å²) in [5, 5.41) is 4.20. The first kappa shape index (κ1) is 24.3. The molecular formula is C30H32N4O4. The fourth-order valence-corrected chi connectivity index (χ4v) is 5.98. The average molecular weight is 513 g/mol. The lowest BCUT2D eigenvalue weighted by Crippen LogP contribution is -2.31. The third-order valence-corrected chi connectivity index (χ3v) is 7.77. The molecule has 2 amide bonds. The molecule has 0 bridgehead atoms. The summed E-state index contributed by atoms with van der Waals surface area (Å²) >= 11 is 0. The molecule has 0 unspecified atom stereocenters. The summed E-state index contributed by atoms with van der Waals surface area (Å²) in [7, 11) is 3.20. The van der Waals surface area contributed by atoms with Crippen molar-refractivity contribution in [2.45, 2.75) is 32.2 Å². The molecule has 4 aromatic rings. The molecule has 2 aromatic carbocycles. The molecule has 196 valence electrons. The van der Waals surface area contributed by atoms with Crippen molar-refractivity contribution in [2.24, 2.45) is 0 Å². The number of imide groups is 1. The van der Waals surface area contributed by atoms with Gasteiger partial charge in [0.1, 0.15) is 0 Å². The normalized spacial score (nSPS) is 16.6. The zero-order valence-corrected chi connectivity index (χ0v) is 21.8. The molecule has 0 spiro atoms. The number of carbonyl (C=O) groups is 2. The molecule has 1 fully saturated rings. The van der Waals surface area contributed by atoms with E-state index in [1.54, 1.807) is 20.4 Å². The van der Waals surface area contributed by atoms with Crippen LogP contribution >= 0.6 is 0 Å². The summed E-state index contributed by atoms with van der Waals surface area (Å²) in [4.78, 5) is 32.3. The first-order valence-corrected chi connectivity index (χ1v) is 13.2. The van der Waals surface area contributed by atoms with Gasteiger partial charge >= 0.3 is 0 Å². The number of benzene rings is 2. The lowest BCUT2D eigenvalue weighted by atomic mass is 9.95. The molecule has 0 radical (unpaired) electrons. The van der Waals surface area contributed by atoms with Crippen LogP contribution in [0, 0.1) is 0 Å². The van der Waals surface area contributed by atoms with Gasteiger partial charge in [-0.2, -0.15) is 0 Å². The topological polar surface area (TPSA) is 88.6 Å². The second-order valence-electron chi connectivity index (χ2n) is 9.97. The molecule has 0 saturated carbocycles. The van der Waals surface area contributed by atoms with E-state index < -0.39 is 11.8 Å². The van der Waals surface area contributed by atoms with Crippen LogP contribution in [0.1, 0.15) is 36.8 Å². The van der Waals surface area contributed by atoms with E-state index in [9.17, 15) is 9.59 Å². The number of carbonyl (C=O) groups excluding carboxylic acids is 2. The van der Waals surface area contributed by atoms with E-state index in [-0.39, 0.29) is 0 Å². The van der Waals surface area contributed by atoms with Crippen LogP contribution in [0.4, 0.5) is 0 Å². The zero-order chi connectivity index (χ0) is 26.2. The smallest absolute Gasteiger partial charge is 0.259 e. The van der Waals surface area contributed by atoms with Crippen molar-refractivity contribution < 1.29 is 19.1 Å². The van der Waals surface area contributed by atoms with Crippen molar-refractivity contribution >= 4 is 44.8 Å². The fraction of sp³-hybridized carbons (Fsp3) is 0.333. The van der Waals surface area contributed by atoms with Crippen LogP contribution in [0.25, 0.3) is 33.0 Å². The van der Waals surface area contributed by atoms with Crippen molar-refractivity contribution in [2.75, 3.05) is 33.9 Å². The summed E-state index contributed by atoms with van der Waals surface area (Å²) in [6.45, 7) is 4.13. The van der Waals surface area contributed by atoms with Gasteiger partial charge in [-0.25, -0.2) is 0 Å². The Bertz CT molecular complexity index is 1570. The number of aromatic nitrogens is 2. The Morgan fingerprint density at radius 3 is 2.39 bits per heavy atom. The van der Waals surface area contributed by atoms with Crippen molar-refractivity contribution in [3.05, 3.63) is 59.9 Å². The Balaban J connectivity index is 1.51. The number of methoxy groups -OCH3 is 2. The molecule has 2 N–H and O–H groups in total. The first-order chi connectivity index (χ1) is 18.6. The monoisotopic (exact) mass is 512 g/mol. The minimum absolute atomic E-state index is 0.353. The molecule has 2 aliphatic rings. The van der Waals surface area contributed by atoms with Crippen LogP contribution in [0.3, 0.4) is 0 Å². The molecule has 0 aliphatic carbocycles. The molecule has 8 heteroatoms. The number of nitrogens with one attached hydrogen (secondary N) is 2. The van der Waals surface area contributed by atoms with E-state index >= 15 is 0 Å². The predicted octanol–water partition coefficient (Wildman–Crippen LogP) is 4.58. The van der Waals surface area contributed by atoms with Gasteiger partial charge in [-0.1, -0.05) is 24.6 Å². The van der Waals surface area contributed by atoms with Crippen LogP contribution in [0.15, 0.2) is 48.8 Å². The molecule has 4 heterocycles. The number of H-pyrrole nitrogens is 1. The molecule has 0 atom stereocenters. The Labute approximate surface area is 221 Å². The minimum atomic E-state index is -0.410. The zero-order valence-electron chi connectivity index (χ0n) is 21.8. The molecular weight excluding hydrogens is 480 g/mol. The molecule has 38 heavy (non-hydrogen) atoms. The van der Waals surface area contributed by atoms with E-state index in [0.29, 0.717) is 33.8 Å². The van der Waals surface area contributed by atoms with Gasteiger partial charge in [-0.05, 0) is 57.1 Å². The Morgan fingerprint density at radius 2 is 1.63 bits per heavy atom. The lowest BCUT2D eigenvalue weighted by molar-refractivity contribution is -0.122. The van der Waals surface area contributed by atoms with E-state index in [0.717, 1.165) is 54.4 Å². The summed E-state index contributed by atoms with van der Waals surface area (Å²) < 4.78 is 13.6. The van der Waals surface area contributed by atoms with E-state index in [2.05, 4.69) is 19.8 Å². The van der Waals surface area contributed by atoms with Crippen LogP contribution in [0.5, 0.6) is 11.5 Å². The number of para-hydroxylation sites is 1. The molecule has 2 aliphatic heterocycles. The number of likely N-dealkylation sites (tertiary alicyclic amines) is 1. The molecule has 8 nitrogen and oxygen atoms in total. The number of amides is 2. The second kappa shape index (κ2) is 10.0. The van der Waals surface area contributed by atoms with Gasteiger partial charge in [0.15, 0.2) is 11.5 Å². The maximum absolute atomic E-state index is 13.4. The fourth-order valence-electron chi connectivity index (χ4n) is 5.98. The largest absolute Gasteiger partial charge is 0.493 e. The van der Waals surface area contributed by atoms with Crippen LogP contribution in [0.2, 0.25) is 0 Å².